The number of aliphatic imine (C=N–C) groups is 1. The van der Waals surface area contributed by atoms with Crippen LogP contribution in [-0.2, 0) is 0 Å². The molecule has 0 saturated carbocycles. The van der Waals surface area contributed by atoms with Crippen LogP contribution in [0, 0.1) is 6.92 Å². The second-order valence-electron chi connectivity index (χ2n) is 10.6. The fourth-order valence-electron chi connectivity index (χ4n) is 5.79. The highest BCUT2D eigenvalue weighted by Gasteiger charge is 2.16. The van der Waals surface area contributed by atoms with Crippen molar-refractivity contribution < 1.29 is 0 Å². The number of aryl methyl sites for hydroxylation is 1. The summed E-state index contributed by atoms with van der Waals surface area (Å²) in [6.07, 6.45) is 4.82. The molecule has 0 saturated heterocycles. The number of benzene rings is 4. The lowest BCUT2D eigenvalue weighted by Crippen LogP contribution is -2.00. The monoisotopic (exact) mass is 542 g/mol. The van der Waals surface area contributed by atoms with Gasteiger partial charge in [0, 0.05) is 21.7 Å². The maximum absolute atomic E-state index is 5.16. The van der Waals surface area contributed by atoms with E-state index < -0.39 is 0 Å². The van der Waals surface area contributed by atoms with E-state index in [1.165, 1.54) is 11.1 Å². The molecule has 202 valence electrons. The lowest BCUT2D eigenvalue weighted by atomic mass is 10.0. The van der Waals surface area contributed by atoms with Gasteiger partial charge < -0.3 is 0 Å². The predicted octanol–water partition coefficient (Wildman–Crippen LogP) is 9.63. The van der Waals surface area contributed by atoms with Crippen LogP contribution in [0.5, 0.6) is 0 Å². The van der Waals surface area contributed by atoms with Crippen LogP contribution in [0.1, 0.15) is 30.0 Å². The van der Waals surface area contributed by atoms with Crippen LogP contribution in [0.25, 0.3) is 55.5 Å². The van der Waals surface area contributed by atoms with Crippen LogP contribution in [0.4, 0.5) is 0 Å². The number of pyridine rings is 2. The average molecular weight is 543 g/mol. The minimum absolute atomic E-state index is 0.737. The standard InChI is InChI=1S/C38H30N4/c1-5-26(21-27-14-8-7-13-24(27)3)25(4)39-32(6-2)29-19-20-35-30(22-29)37-31(23-28-15-9-10-16-33(28)40-37)38-41-34-17-11-12-18-36(34)42(35)38/h6-23H,2,4-5H2,1,3H3/b26-21+,39-32?. The molecule has 42 heavy (non-hydrogen) atoms. The zero-order chi connectivity index (χ0) is 28.8. The van der Waals surface area contributed by atoms with Crippen LogP contribution < -0.4 is 0 Å². The number of hydrogen-bond donors (Lipinski definition) is 0. The van der Waals surface area contributed by atoms with Crippen molar-refractivity contribution in [3.8, 4) is 0 Å². The molecule has 3 heterocycles. The first-order valence-electron chi connectivity index (χ1n) is 14.2. The van der Waals surface area contributed by atoms with Crippen molar-refractivity contribution in [3.63, 3.8) is 0 Å². The summed E-state index contributed by atoms with van der Waals surface area (Å²) in [5, 5.41) is 3.15. The lowest BCUT2D eigenvalue weighted by molar-refractivity contribution is 1.10. The summed E-state index contributed by atoms with van der Waals surface area (Å²) >= 11 is 0. The van der Waals surface area contributed by atoms with E-state index in [0.29, 0.717) is 0 Å². The van der Waals surface area contributed by atoms with Gasteiger partial charge >= 0.3 is 0 Å². The van der Waals surface area contributed by atoms with Crippen LogP contribution in [0.15, 0.2) is 133 Å². The van der Waals surface area contributed by atoms with Crippen molar-refractivity contribution in [1.82, 2.24) is 14.4 Å². The molecule has 0 amide bonds. The lowest BCUT2D eigenvalue weighted by Gasteiger charge is -2.12. The third-order valence-corrected chi connectivity index (χ3v) is 8.03. The van der Waals surface area contributed by atoms with Crippen molar-refractivity contribution in [1.29, 1.82) is 0 Å². The van der Waals surface area contributed by atoms with Gasteiger partial charge in [-0.3, -0.25) is 4.40 Å². The van der Waals surface area contributed by atoms with Gasteiger partial charge in [0.05, 0.1) is 39.0 Å². The molecule has 0 atom stereocenters. The third-order valence-electron chi connectivity index (χ3n) is 8.03. The predicted molar refractivity (Wildman–Crippen MR) is 178 cm³/mol. The second kappa shape index (κ2) is 10.2. The normalized spacial score (nSPS) is 12.6. The summed E-state index contributed by atoms with van der Waals surface area (Å²) in [6.45, 7) is 12.7. The van der Waals surface area contributed by atoms with E-state index in [1.807, 2.05) is 24.3 Å². The highest BCUT2D eigenvalue weighted by molar-refractivity contribution is 6.17. The molecule has 0 fully saturated rings. The molecule has 0 N–H and O–H groups in total. The maximum atomic E-state index is 5.16. The number of nitrogens with zero attached hydrogens (tertiary/aromatic N) is 4. The molecule has 7 aromatic rings. The second-order valence-corrected chi connectivity index (χ2v) is 10.6. The number of aromatic nitrogens is 3. The highest BCUT2D eigenvalue weighted by atomic mass is 15.0. The van der Waals surface area contributed by atoms with Crippen LogP contribution in [0.2, 0.25) is 0 Å². The molecule has 0 spiro atoms. The van der Waals surface area contributed by atoms with E-state index in [1.54, 1.807) is 0 Å². The van der Waals surface area contributed by atoms with E-state index >= 15 is 0 Å². The van der Waals surface area contributed by atoms with Gasteiger partial charge in [0.15, 0.2) is 0 Å². The van der Waals surface area contributed by atoms with Crippen molar-refractivity contribution in [2.75, 3.05) is 0 Å². The molecule has 0 aliphatic rings. The Morgan fingerprint density at radius 3 is 2.40 bits per heavy atom. The summed E-state index contributed by atoms with van der Waals surface area (Å²) in [5.74, 6) is 0. The molecular weight excluding hydrogens is 512 g/mol. The zero-order valence-electron chi connectivity index (χ0n) is 23.8. The Morgan fingerprint density at radius 2 is 1.60 bits per heavy atom. The summed E-state index contributed by atoms with van der Waals surface area (Å²) in [7, 11) is 0. The van der Waals surface area contributed by atoms with E-state index in [2.05, 4.69) is 116 Å². The Bertz CT molecular complexity index is 2280. The van der Waals surface area contributed by atoms with Gasteiger partial charge in [-0.15, -0.1) is 0 Å². The Kier molecular flexibility index (Phi) is 6.24. The quantitative estimate of drug-likeness (QED) is 0.0908. The van der Waals surface area contributed by atoms with Gasteiger partial charge in [-0.05, 0) is 78.6 Å². The van der Waals surface area contributed by atoms with Crippen molar-refractivity contribution in [2.24, 2.45) is 4.99 Å². The number of para-hydroxylation sites is 3. The maximum Gasteiger partial charge on any atom is 0.147 e. The Hall–Kier alpha value is -5.35. The van der Waals surface area contributed by atoms with Crippen molar-refractivity contribution in [2.45, 2.75) is 20.3 Å². The Balaban J connectivity index is 1.46. The minimum Gasteiger partial charge on any atom is -0.292 e. The van der Waals surface area contributed by atoms with E-state index in [0.717, 1.165) is 78.4 Å². The minimum atomic E-state index is 0.737. The summed E-state index contributed by atoms with van der Waals surface area (Å²) in [5.41, 5.74) is 11.8. The average Bonchev–Trinajstić information content (AvgIpc) is 3.42. The fourth-order valence-corrected chi connectivity index (χ4v) is 5.79. The molecule has 4 aromatic carbocycles. The molecule has 0 aliphatic carbocycles. The first-order chi connectivity index (χ1) is 20.6. The van der Waals surface area contributed by atoms with E-state index in [-0.39, 0.29) is 0 Å². The van der Waals surface area contributed by atoms with Crippen LogP contribution in [-0.4, -0.2) is 20.1 Å². The molecule has 4 heteroatoms. The molecule has 0 aliphatic heterocycles. The van der Waals surface area contributed by atoms with Gasteiger partial charge in [-0.1, -0.05) is 80.7 Å². The third kappa shape index (κ3) is 4.20. The zero-order valence-corrected chi connectivity index (χ0v) is 23.8. The first kappa shape index (κ1) is 25.6. The number of fused-ring (bicyclic) bond motifs is 9. The SMILES string of the molecule is C=CC(=NC(=C)/C(=C/c1ccccc1C)CC)c1ccc2c(c1)c1nc3ccccc3cc1c1nc3ccccc3n21. The van der Waals surface area contributed by atoms with Crippen molar-refractivity contribution in [3.05, 3.63) is 144 Å². The number of rotatable bonds is 6. The molecule has 0 unspecified atom stereocenters. The molecule has 0 bridgehead atoms. The molecule has 4 nitrogen and oxygen atoms in total. The van der Waals surface area contributed by atoms with Gasteiger partial charge in [-0.2, -0.15) is 0 Å². The number of allylic oxidation sites excluding steroid dienone is 2. The van der Waals surface area contributed by atoms with Gasteiger partial charge in [0.1, 0.15) is 5.65 Å². The molecule has 3 aromatic heterocycles. The first-order valence-corrected chi connectivity index (χ1v) is 14.2. The topological polar surface area (TPSA) is 42.5 Å². The van der Waals surface area contributed by atoms with Gasteiger partial charge in [0.2, 0.25) is 0 Å². The number of imidazole rings is 1. The Labute approximate surface area is 244 Å². The largest absolute Gasteiger partial charge is 0.292 e. The van der Waals surface area contributed by atoms with Crippen LogP contribution in [0.3, 0.4) is 0 Å². The summed E-state index contributed by atoms with van der Waals surface area (Å²) in [4.78, 5) is 15.2. The fraction of sp³-hybridized carbons (Fsp3) is 0.0789. The van der Waals surface area contributed by atoms with Gasteiger partial charge in [0.25, 0.3) is 0 Å². The molecule has 7 rings (SSSR count). The van der Waals surface area contributed by atoms with E-state index in [4.69, 9.17) is 15.0 Å². The summed E-state index contributed by atoms with van der Waals surface area (Å²) < 4.78 is 2.25. The van der Waals surface area contributed by atoms with E-state index in [9.17, 15) is 0 Å². The number of hydrogen-bond acceptors (Lipinski definition) is 3. The highest BCUT2D eigenvalue weighted by Crippen LogP contribution is 2.34. The molecule has 0 radical (unpaired) electrons. The Morgan fingerprint density at radius 1 is 0.833 bits per heavy atom. The van der Waals surface area contributed by atoms with Crippen molar-refractivity contribution >= 4 is 61.2 Å². The smallest absolute Gasteiger partial charge is 0.147 e. The summed E-state index contributed by atoms with van der Waals surface area (Å²) in [6, 6.07) is 33.5. The molecular formula is C38H30N4. The van der Waals surface area contributed by atoms with Crippen LogP contribution >= 0.6 is 0 Å². The van der Waals surface area contributed by atoms with Gasteiger partial charge in [-0.25, -0.2) is 15.0 Å².